The van der Waals surface area contributed by atoms with Gasteiger partial charge in [0.2, 0.25) is 0 Å². The normalized spacial score (nSPS) is 14.1. The molecule has 0 saturated heterocycles. The Morgan fingerprint density at radius 1 is 1.45 bits per heavy atom. The average molecular weight is 287 g/mol. The van der Waals surface area contributed by atoms with Gasteiger partial charge < -0.3 is 4.52 Å². The van der Waals surface area contributed by atoms with Crippen molar-refractivity contribution in [2.75, 3.05) is 0 Å². The maximum Gasteiger partial charge on any atom is 0.262 e. The standard InChI is InChI=1S/C14H13N3O2S/c1-8-5-9(19-16-8)6-17-7-15-13-12(14(17)18)10-3-2-4-11(10)20-13/h5,7H,2-4,6H2,1H3. The van der Waals surface area contributed by atoms with Gasteiger partial charge in [-0.15, -0.1) is 11.3 Å². The fourth-order valence-electron chi connectivity index (χ4n) is 2.79. The molecule has 0 amide bonds. The van der Waals surface area contributed by atoms with Gasteiger partial charge in [-0.25, -0.2) is 4.98 Å². The van der Waals surface area contributed by atoms with Crippen molar-refractivity contribution in [2.45, 2.75) is 32.7 Å². The van der Waals surface area contributed by atoms with Gasteiger partial charge in [0, 0.05) is 10.9 Å². The lowest BCUT2D eigenvalue weighted by atomic mass is 10.2. The van der Waals surface area contributed by atoms with Gasteiger partial charge in [0.15, 0.2) is 5.76 Å². The Bertz CT molecular complexity index is 859. The highest BCUT2D eigenvalue weighted by Crippen LogP contribution is 2.34. The first-order valence-electron chi connectivity index (χ1n) is 6.64. The molecule has 5 nitrogen and oxygen atoms in total. The molecule has 0 bridgehead atoms. The molecule has 0 fully saturated rings. The van der Waals surface area contributed by atoms with E-state index in [-0.39, 0.29) is 5.56 Å². The van der Waals surface area contributed by atoms with Crippen LogP contribution in [0.25, 0.3) is 10.2 Å². The second kappa shape index (κ2) is 4.28. The van der Waals surface area contributed by atoms with E-state index >= 15 is 0 Å². The summed E-state index contributed by atoms with van der Waals surface area (Å²) in [6.45, 7) is 2.25. The second-order valence-corrected chi connectivity index (χ2v) is 6.23. The summed E-state index contributed by atoms with van der Waals surface area (Å²) in [7, 11) is 0. The van der Waals surface area contributed by atoms with Crippen LogP contribution in [0.1, 0.15) is 28.3 Å². The van der Waals surface area contributed by atoms with Crippen molar-refractivity contribution in [1.29, 1.82) is 0 Å². The van der Waals surface area contributed by atoms with Crippen LogP contribution in [0.2, 0.25) is 0 Å². The Morgan fingerprint density at radius 3 is 3.15 bits per heavy atom. The molecule has 0 unspecified atom stereocenters. The van der Waals surface area contributed by atoms with Gasteiger partial charge in [-0.1, -0.05) is 5.16 Å². The lowest BCUT2D eigenvalue weighted by Crippen LogP contribution is -2.21. The zero-order valence-electron chi connectivity index (χ0n) is 11.0. The van der Waals surface area contributed by atoms with Crippen LogP contribution in [0.3, 0.4) is 0 Å². The van der Waals surface area contributed by atoms with Crippen molar-refractivity contribution in [3.63, 3.8) is 0 Å². The topological polar surface area (TPSA) is 60.9 Å². The summed E-state index contributed by atoms with van der Waals surface area (Å²) in [5.74, 6) is 0.678. The van der Waals surface area contributed by atoms with E-state index in [0.29, 0.717) is 12.3 Å². The highest BCUT2D eigenvalue weighted by atomic mass is 32.1. The molecule has 4 rings (SSSR count). The quantitative estimate of drug-likeness (QED) is 0.725. The molecule has 0 saturated carbocycles. The van der Waals surface area contributed by atoms with Crippen LogP contribution in [0.15, 0.2) is 21.7 Å². The third-order valence-electron chi connectivity index (χ3n) is 3.69. The summed E-state index contributed by atoms with van der Waals surface area (Å²) in [5, 5.41) is 4.65. The number of thiophene rings is 1. The molecule has 20 heavy (non-hydrogen) atoms. The smallest absolute Gasteiger partial charge is 0.262 e. The molecule has 0 N–H and O–H groups in total. The molecule has 102 valence electrons. The Morgan fingerprint density at radius 2 is 2.35 bits per heavy atom. The fraction of sp³-hybridized carbons (Fsp3) is 0.357. The summed E-state index contributed by atoms with van der Waals surface area (Å²) < 4.78 is 6.78. The third kappa shape index (κ3) is 1.71. The molecular formula is C14H13N3O2S. The summed E-state index contributed by atoms with van der Waals surface area (Å²) >= 11 is 1.66. The Labute approximate surface area is 118 Å². The zero-order valence-corrected chi connectivity index (χ0v) is 11.9. The van der Waals surface area contributed by atoms with E-state index in [1.54, 1.807) is 22.2 Å². The maximum atomic E-state index is 12.6. The van der Waals surface area contributed by atoms with E-state index in [1.165, 1.54) is 10.4 Å². The summed E-state index contributed by atoms with van der Waals surface area (Å²) in [6.07, 6.45) is 4.83. The van der Waals surface area contributed by atoms with Gasteiger partial charge in [0.05, 0.1) is 24.0 Å². The van der Waals surface area contributed by atoms with Crippen molar-refractivity contribution in [2.24, 2.45) is 0 Å². The molecule has 0 spiro atoms. The number of aromatic nitrogens is 3. The summed E-state index contributed by atoms with van der Waals surface area (Å²) in [5.41, 5.74) is 2.06. The Balaban J connectivity index is 1.85. The van der Waals surface area contributed by atoms with E-state index in [2.05, 4.69) is 10.1 Å². The molecule has 3 aromatic rings. The van der Waals surface area contributed by atoms with Crippen LogP contribution >= 0.6 is 11.3 Å². The van der Waals surface area contributed by atoms with Gasteiger partial charge >= 0.3 is 0 Å². The fourth-order valence-corrected chi connectivity index (χ4v) is 4.01. The zero-order chi connectivity index (χ0) is 13.7. The highest BCUT2D eigenvalue weighted by molar-refractivity contribution is 7.18. The summed E-state index contributed by atoms with van der Waals surface area (Å²) in [6, 6.07) is 1.84. The van der Waals surface area contributed by atoms with Crippen LogP contribution in [-0.2, 0) is 19.4 Å². The van der Waals surface area contributed by atoms with Crippen LogP contribution in [-0.4, -0.2) is 14.7 Å². The van der Waals surface area contributed by atoms with E-state index in [9.17, 15) is 4.79 Å². The monoisotopic (exact) mass is 287 g/mol. The lowest BCUT2D eigenvalue weighted by Gasteiger charge is -2.02. The first-order chi connectivity index (χ1) is 9.72. The number of hydrogen-bond donors (Lipinski definition) is 0. The number of aryl methyl sites for hydroxylation is 3. The van der Waals surface area contributed by atoms with Crippen molar-refractivity contribution >= 4 is 21.6 Å². The maximum absolute atomic E-state index is 12.6. The van der Waals surface area contributed by atoms with Crippen molar-refractivity contribution in [1.82, 2.24) is 14.7 Å². The van der Waals surface area contributed by atoms with E-state index in [4.69, 9.17) is 4.52 Å². The molecule has 3 aromatic heterocycles. The van der Waals surface area contributed by atoms with Crippen molar-refractivity contribution in [3.8, 4) is 0 Å². The predicted molar refractivity (Wildman–Crippen MR) is 76.2 cm³/mol. The van der Waals surface area contributed by atoms with Crippen LogP contribution in [0.4, 0.5) is 0 Å². The van der Waals surface area contributed by atoms with Crippen molar-refractivity contribution < 1.29 is 4.52 Å². The third-order valence-corrected chi connectivity index (χ3v) is 4.89. The highest BCUT2D eigenvalue weighted by Gasteiger charge is 2.21. The molecule has 0 radical (unpaired) electrons. The molecule has 0 aliphatic heterocycles. The van der Waals surface area contributed by atoms with E-state index in [1.807, 2.05) is 13.0 Å². The van der Waals surface area contributed by atoms with Crippen LogP contribution in [0, 0.1) is 6.92 Å². The van der Waals surface area contributed by atoms with Crippen LogP contribution < -0.4 is 5.56 Å². The molecule has 1 aliphatic rings. The molecule has 3 heterocycles. The molecule has 0 aromatic carbocycles. The SMILES string of the molecule is Cc1cc(Cn2cnc3sc4c(c3c2=O)CCC4)on1. The van der Waals surface area contributed by atoms with Crippen molar-refractivity contribution in [3.05, 3.63) is 44.6 Å². The minimum atomic E-state index is 0.0310. The molecule has 6 heteroatoms. The largest absolute Gasteiger partial charge is 0.359 e. The van der Waals surface area contributed by atoms with Gasteiger partial charge in [0.25, 0.3) is 5.56 Å². The number of fused-ring (bicyclic) bond motifs is 3. The molecule has 1 aliphatic carbocycles. The number of nitrogens with zero attached hydrogens (tertiary/aromatic N) is 3. The second-order valence-electron chi connectivity index (χ2n) is 5.15. The first kappa shape index (κ1) is 11.8. The summed E-state index contributed by atoms with van der Waals surface area (Å²) in [4.78, 5) is 19.3. The van der Waals surface area contributed by atoms with E-state index < -0.39 is 0 Å². The minimum Gasteiger partial charge on any atom is -0.359 e. The Hall–Kier alpha value is -1.95. The average Bonchev–Trinajstić information content (AvgIpc) is 3.08. The van der Waals surface area contributed by atoms with Gasteiger partial charge in [-0.2, -0.15) is 0 Å². The van der Waals surface area contributed by atoms with E-state index in [0.717, 1.165) is 35.2 Å². The molecular weight excluding hydrogens is 274 g/mol. The lowest BCUT2D eigenvalue weighted by molar-refractivity contribution is 0.371. The number of rotatable bonds is 2. The van der Waals surface area contributed by atoms with Gasteiger partial charge in [-0.05, 0) is 31.7 Å². The first-order valence-corrected chi connectivity index (χ1v) is 7.46. The predicted octanol–water partition coefficient (Wildman–Crippen LogP) is 2.29. The molecule has 0 atom stereocenters. The van der Waals surface area contributed by atoms with Crippen LogP contribution in [0.5, 0.6) is 0 Å². The van der Waals surface area contributed by atoms with Gasteiger partial charge in [0.1, 0.15) is 4.83 Å². The van der Waals surface area contributed by atoms with Gasteiger partial charge in [-0.3, -0.25) is 9.36 Å². The minimum absolute atomic E-state index is 0.0310. The number of hydrogen-bond acceptors (Lipinski definition) is 5. The Kier molecular flexibility index (Phi) is 2.53.